The molecule has 5 nitrogen and oxygen atoms in total. The van der Waals surface area contributed by atoms with E-state index in [1.165, 1.54) is 15.4 Å². The average Bonchev–Trinajstić information content (AvgIpc) is 3.24. The molecule has 3 aromatic carbocycles. The highest BCUT2D eigenvalue weighted by Crippen LogP contribution is 2.61. The number of rotatable bonds is 7. The molecule has 0 radical (unpaired) electrons. The molecule has 2 saturated carbocycles. The standard InChI is InChI=1S/C32H37NO4S/c1-32-19-18-28-27-15-13-26(34)20-25(27)12-14-29(28)30(32)16-17-31(32)37-38(35,36)33(21-23-8-4-2-5-9-23)22-24-10-6-3-7-11-24/h2-11,13,15,20,28-31,34H,12,14,16-19,21-22H2,1H3/t28?,29?,30?,31-,32+/m1/s1. The lowest BCUT2D eigenvalue weighted by molar-refractivity contribution is -0.0114. The van der Waals surface area contributed by atoms with Gasteiger partial charge in [0.15, 0.2) is 0 Å². The van der Waals surface area contributed by atoms with Crippen molar-refractivity contribution in [3.63, 3.8) is 0 Å². The molecule has 6 heteroatoms. The molecule has 3 aliphatic carbocycles. The van der Waals surface area contributed by atoms with Gasteiger partial charge in [0.05, 0.1) is 6.10 Å². The van der Waals surface area contributed by atoms with Gasteiger partial charge in [-0.3, -0.25) is 4.18 Å². The maximum atomic E-state index is 13.9. The molecule has 3 aromatic rings. The largest absolute Gasteiger partial charge is 0.508 e. The Morgan fingerprint density at radius 1 is 0.895 bits per heavy atom. The van der Waals surface area contributed by atoms with Crippen molar-refractivity contribution in [1.82, 2.24) is 4.31 Å². The van der Waals surface area contributed by atoms with Crippen LogP contribution in [-0.4, -0.2) is 23.9 Å². The Hall–Kier alpha value is -2.67. The molecule has 200 valence electrons. The van der Waals surface area contributed by atoms with Crippen molar-refractivity contribution in [3.8, 4) is 5.75 Å². The van der Waals surface area contributed by atoms with E-state index < -0.39 is 10.3 Å². The van der Waals surface area contributed by atoms with Crippen molar-refractivity contribution in [2.24, 2.45) is 17.3 Å². The molecular weight excluding hydrogens is 494 g/mol. The van der Waals surface area contributed by atoms with Crippen molar-refractivity contribution < 1.29 is 17.7 Å². The van der Waals surface area contributed by atoms with Gasteiger partial charge >= 0.3 is 10.3 Å². The monoisotopic (exact) mass is 531 g/mol. The van der Waals surface area contributed by atoms with E-state index in [-0.39, 0.29) is 24.6 Å². The van der Waals surface area contributed by atoms with E-state index in [1.807, 2.05) is 72.8 Å². The highest BCUT2D eigenvalue weighted by atomic mass is 32.2. The van der Waals surface area contributed by atoms with Gasteiger partial charge in [-0.25, -0.2) is 0 Å². The summed E-state index contributed by atoms with van der Waals surface area (Å²) >= 11 is 0. The van der Waals surface area contributed by atoms with Gasteiger partial charge in [0, 0.05) is 13.1 Å². The summed E-state index contributed by atoms with van der Waals surface area (Å²) < 4.78 is 35.4. The fourth-order valence-electron chi connectivity index (χ4n) is 7.67. The van der Waals surface area contributed by atoms with Gasteiger partial charge in [0.2, 0.25) is 0 Å². The van der Waals surface area contributed by atoms with Crippen molar-refractivity contribution in [2.45, 2.75) is 70.6 Å². The smallest absolute Gasteiger partial charge is 0.339 e. The Bertz CT molecular complexity index is 1340. The summed E-state index contributed by atoms with van der Waals surface area (Å²) in [6, 6.07) is 25.3. The predicted molar refractivity (Wildman–Crippen MR) is 149 cm³/mol. The van der Waals surface area contributed by atoms with Gasteiger partial charge in [-0.1, -0.05) is 73.7 Å². The van der Waals surface area contributed by atoms with Crippen LogP contribution in [0.1, 0.15) is 67.2 Å². The number of nitrogens with zero attached hydrogens (tertiary/aromatic N) is 1. The summed E-state index contributed by atoms with van der Waals surface area (Å²) in [6.45, 7) is 2.82. The highest BCUT2D eigenvalue weighted by Gasteiger charge is 2.56. The van der Waals surface area contributed by atoms with Crippen LogP contribution in [0.5, 0.6) is 5.75 Å². The van der Waals surface area contributed by atoms with Crippen molar-refractivity contribution >= 4 is 10.3 Å². The zero-order valence-corrected chi connectivity index (χ0v) is 22.8. The van der Waals surface area contributed by atoms with E-state index in [0.717, 1.165) is 49.7 Å². The van der Waals surface area contributed by atoms with Gasteiger partial charge in [0.1, 0.15) is 5.75 Å². The topological polar surface area (TPSA) is 66.8 Å². The second-order valence-electron chi connectivity index (χ2n) is 11.7. The number of aryl methyl sites for hydroxylation is 1. The molecule has 2 fully saturated rings. The lowest BCUT2D eigenvalue weighted by atomic mass is 9.55. The van der Waals surface area contributed by atoms with E-state index in [0.29, 0.717) is 23.5 Å². The summed E-state index contributed by atoms with van der Waals surface area (Å²) in [6.07, 6.45) is 5.52. The second-order valence-corrected chi connectivity index (χ2v) is 13.3. The Kier molecular flexibility index (Phi) is 6.83. The molecular formula is C32H37NO4S. The molecule has 6 rings (SSSR count). The quantitative estimate of drug-likeness (QED) is 0.374. The molecule has 0 aliphatic heterocycles. The average molecular weight is 532 g/mol. The lowest BCUT2D eigenvalue weighted by Gasteiger charge is -2.50. The van der Waals surface area contributed by atoms with Crippen LogP contribution in [0.4, 0.5) is 0 Å². The fraction of sp³-hybridized carbons (Fsp3) is 0.438. The molecule has 0 aromatic heterocycles. The molecule has 3 aliphatic rings. The number of benzene rings is 3. The minimum absolute atomic E-state index is 0.159. The van der Waals surface area contributed by atoms with E-state index in [9.17, 15) is 13.5 Å². The minimum atomic E-state index is -3.97. The molecule has 0 spiro atoms. The lowest BCUT2D eigenvalue weighted by Crippen LogP contribution is -2.46. The van der Waals surface area contributed by atoms with Crippen LogP contribution in [0.2, 0.25) is 0 Å². The number of phenols is 1. The van der Waals surface area contributed by atoms with Crippen molar-refractivity contribution in [2.75, 3.05) is 0 Å². The molecule has 38 heavy (non-hydrogen) atoms. The van der Waals surface area contributed by atoms with Gasteiger partial charge in [-0.2, -0.15) is 12.7 Å². The van der Waals surface area contributed by atoms with Crippen LogP contribution in [0, 0.1) is 17.3 Å². The Balaban J connectivity index is 1.23. The Labute approximate surface area is 226 Å². The zero-order chi connectivity index (χ0) is 26.3. The molecule has 0 amide bonds. The summed E-state index contributed by atoms with van der Waals surface area (Å²) in [5.74, 6) is 1.81. The van der Waals surface area contributed by atoms with Crippen LogP contribution in [0.3, 0.4) is 0 Å². The van der Waals surface area contributed by atoms with Crippen LogP contribution >= 0.6 is 0 Å². The first-order chi connectivity index (χ1) is 18.3. The van der Waals surface area contributed by atoms with Crippen LogP contribution in [0.15, 0.2) is 78.9 Å². The number of fused-ring (bicyclic) bond motifs is 5. The normalized spacial score (nSPS) is 28.5. The van der Waals surface area contributed by atoms with E-state index in [2.05, 4.69) is 13.0 Å². The SMILES string of the molecule is C[C@]12CCC3c4ccc(O)cc4CCC3C1CC[C@H]2OS(=O)(=O)N(Cc1ccccc1)Cc1ccccc1. The third-order valence-corrected chi connectivity index (χ3v) is 10.9. The van der Waals surface area contributed by atoms with Crippen LogP contribution in [-0.2, 0) is 34.0 Å². The Morgan fingerprint density at radius 3 is 2.21 bits per heavy atom. The fourth-order valence-corrected chi connectivity index (χ4v) is 9.02. The number of hydrogen-bond acceptors (Lipinski definition) is 4. The van der Waals surface area contributed by atoms with Gasteiger partial charge < -0.3 is 5.11 Å². The molecule has 5 atom stereocenters. The molecule has 0 bridgehead atoms. The summed E-state index contributed by atoms with van der Waals surface area (Å²) in [5.41, 5.74) is 4.39. The van der Waals surface area contributed by atoms with Gasteiger partial charge in [-0.05, 0) is 96.1 Å². The molecule has 0 heterocycles. The summed E-state index contributed by atoms with van der Waals surface area (Å²) in [4.78, 5) is 0. The maximum Gasteiger partial charge on any atom is 0.339 e. The van der Waals surface area contributed by atoms with Gasteiger partial charge in [0.25, 0.3) is 0 Å². The van der Waals surface area contributed by atoms with Crippen LogP contribution < -0.4 is 0 Å². The second kappa shape index (κ2) is 10.1. The number of hydrogen-bond donors (Lipinski definition) is 1. The third-order valence-electron chi connectivity index (χ3n) is 9.58. The summed E-state index contributed by atoms with van der Waals surface area (Å²) in [5, 5.41) is 9.97. The third kappa shape index (κ3) is 4.78. The molecule has 1 N–H and O–H groups in total. The van der Waals surface area contributed by atoms with E-state index >= 15 is 0 Å². The van der Waals surface area contributed by atoms with Crippen LogP contribution in [0.25, 0.3) is 0 Å². The first-order valence-electron chi connectivity index (χ1n) is 13.9. The maximum absolute atomic E-state index is 13.9. The first kappa shape index (κ1) is 25.6. The van der Waals surface area contributed by atoms with E-state index in [1.54, 1.807) is 0 Å². The predicted octanol–water partition coefficient (Wildman–Crippen LogP) is 6.58. The molecule has 0 saturated heterocycles. The number of phenolic OH excluding ortho intramolecular Hbond substituents is 1. The van der Waals surface area contributed by atoms with Crippen molar-refractivity contribution in [3.05, 3.63) is 101 Å². The first-order valence-corrected chi connectivity index (χ1v) is 15.3. The zero-order valence-electron chi connectivity index (χ0n) is 22.0. The highest BCUT2D eigenvalue weighted by molar-refractivity contribution is 7.84. The number of aromatic hydroxyl groups is 1. The Morgan fingerprint density at radius 2 is 1.55 bits per heavy atom. The minimum Gasteiger partial charge on any atom is -0.508 e. The summed E-state index contributed by atoms with van der Waals surface area (Å²) in [7, 11) is -3.97. The van der Waals surface area contributed by atoms with E-state index in [4.69, 9.17) is 4.18 Å². The van der Waals surface area contributed by atoms with Gasteiger partial charge in [-0.15, -0.1) is 0 Å². The van der Waals surface area contributed by atoms with Crippen molar-refractivity contribution in [1.29, 1.82) is 0 Å². The molecule has 3 unspecified atom stereocenters.